The van der Waals surface area contributed by atoms with Crippen LogP contribution in [0.5, 0.6) is 0 Å². The minimum atomic E-state index is -0.299. The van der Waals surface area contributed by atoms with Crippen molar-refractivity contribution in [3.63, 3.8) is 0 Å². The number of thioether (sulfide) groups is 1. The maximum absolute atomic E-state index is 12.0. The lowest BCUT2D eigenvalue weighted by atomic mass is 10.3. The van der Waals surface area contributed by atoms with E-state index < -0.39 is 0 Å². The lowest BCUT2D eigenvalue weighted by molar-refractivity contribution is -0.122. The van der Waals surface area contributed by atoms with Gasteiger partial charge in [0.1, 0.15) is 11.4 Å². The topological polar surface area (TPSA) is 102 Å². The summed E-state index contributed by atoms with van der Waals surface area (Å²) in [6, 6.07) is 7.27. The van der Waals surface area contributed by atoms with Crippen molar-refractivity contribution in [3.05, 3.63) is 41.3 Å². The number of anilines is 1. The maximum Gasteiger partial charge on any atom is 0.243 e. The van der Waals surface area contributed by atoms with Crippen LogP contribution in [-0.4, -0.2) is 43.9 Å². The molecule has 8 nitrogen and oxygen atoms in total. The molecule has 3 rings (SSSR count). The van der Waals surface area contributed by atoms with Gasteiger partial charge in [0.05, 0.1) is 29.6 Å². The molecule has 2 aromatic heterocycles. The van der Waals surface area contributed by atoms with Crippen LogP contribution in [0.15, 0.2) is 46.3 Å². The average Bonchev–Trinajstić information content (AvgIpc) is 3.02. The first kappa shape index (κ1) is 18.3. The van der Waals surface area contributed by atoms with Gasteiger partial charge in [-0.15, -0.1) is 0 Å². The Kier molecular flexibility index (Phi) is 5.84. The Morgan fingerprint density at radius 1 is 1.23 bits per heavy atom. The highest BCUT2D eigenvalue weighted by molar-refractivity contribution is 9.10. The maximum atomic E-state index is 12.0. The predicted octanol–water partition coefficient (Wildman–Crippen LogP) is 1.97. The van der Waals surface area contributed by atoms with Gasteiger partial charge in [-0.05, 0) is 28.1 Å². The van der Waals surface area contributed by atoms with Crippen molar-refractivity contribution >= 4 is 56.2 Å². The second-order valence-electron chi connectivity index (χ2n) is 5.28. The number of rotatable bonds is 6. The van der Waals surface area contributed by atoms with E-state index in [9.17, 15) is 9.59 Å². The normalized spacial score (nSPS) is 10.7. The van der Waals surface area contributed by atoms with Gasteiger partial charge >= 0.3 is 0 Å². The van der Waals surface area contributed by atoms with E-state index in [1.165, 1.54) is 18.1 Å². The Hall–Kier alpha value is -2.46. The number of nitrogens with one attached hydrogen (secondary N) is 2. The van der Waals surface area contributed by atoms with Gasteiger partial charge in [0, 0.05) is 11.5 Å². The van der Waals surface area contributed by atoms with E-state index in [4.69, 9.17) is 0 Å². The van der Waals surface area contributed by atoms with Gasteiger partial charge in [0.15, 0.2) is 5.65 Å². The summed E-state index contributed by atoms with van der Waals surface area (Å²) in [5.74, 6) is -0.413. The van der Waals surface area contributed by atoms with Crippen molar-refractivity contribution < 1.29 is 9.59 Å². The van der Waals surface area contributed by atoms with E-state index in [2.05, 4.69) is 41.6 Å². The number of aromatic nitrogens is 4. The fourth-order valence-corrected chi connectivity index (χ4v) is 3.35. The molecule has 0 fully saturated rings. The smallest absolute Gasteiger partial charge is 0.243 e. The number of aryl methyl sites for hydroxylation is 1. The molecule has 0 aliphatic carbocycles. The fourth-order valence-electron chi connectivity index (χ4n) is 2.18. The van der Waals surface area contributed by atoms with E-state index in [0.717, 1.165) is 9.86 Å². The van der Waals surface area contributed by atoms with Gasteiger partial charge < -0.3 is 10.6 Å². The second-order valence-corrected chi connectivity index (χ2v) is 7.10. The van der Waals surface area contributed by atoms with Crippen LogP contribution in [0.1, 0.15) is 0 Å². The Bertz CT molecular complexity index is 961. The summed E-state index contributed by atoms with van der Waals surface area (Å²) in [6.45, 7) is -0.104. The molecule has 134 valence electrons. The van der Waals surface area contributed by atoms with Gasteiger partial charge in [0.2, 0.25) is 11.8 Å². The molecule has 0 unspecified atom stereocenters. The molecule has 0 spiro atoms. The molecule has 2 heterocycles. The standard InChI is InChI=1S/C16H15BrN6O2S/c1-23-15-10(6-21-23)16(20-9-19-15)26-8-14(25)18-7-13(24)22-12-5-3-2-4-11(12)17/h2-6,9H,7-8H2,1H3,(H,18,25)(H,22,24). The summed E-state index contributed by atoms with van der Waals surface area (Å²) in [6.07, 6.45) is 3.11. The summed E-state index contributed by atoms with van der Waals surface area (Å²) in [5.41, 5.74) is 1.36. The van der Waals surface area contributed by atoms with E-state index in [0.29, 0.717) is 16.4 Å². The van der Waals surface area contributed by atoms with Crippen LogP contribution in [0, 0.1) is 0 Å². The largest absolute Gasteiger partial charge is 0.346 e. The zero-order chi connectivity index (χ0) is 18.5. The number of fused-ring (bicyclic) bond motifs is 1. The summed E-state index contributed by atoms with van der Waals surface area (Å²) < 4.78 is 2.42. The SMILES string of the molecule is Cn1ncc2c(SCC(=O)NCC(=O)Nc3ccccc3Br)ncnc21. The predicted molar refractivity (Wildman–Crippen MR) is 103 cm³/mol. The van der Waals surface area contributed by atoms with Crippen LogP contribution in [0.2, 0.25) is 0 Å². The summed E-state index contributed by atoms with van der Waals surface area (Å²) in [5, 5.41) is 10.9. The minimum absolute atomic E-state index is 0.104. The third-order valence-electron chi connectivity index (χ3n) is 3.43. The quantitative estimate of drug-likeness (QED) is 0.454. The average molecular weight is 435 g/mol. The molecular formula is C16H15BrN6O2S. The molecule has 1 aromatic carbocycles. The number of hydrogen-bond donors (Lipinski definition) is 2. The van der Waals surface area contributed by atoms with Gasteiger partial charge in [-0.1, -0.05) is 23.9 Å². The zero-order valence-corrected chi connectivity index (χ0v) is 16.2. The third-order valence-corrected chi connectivity index (χ3v) is 5.12. The van der Waals surface area contributed by atoms with E-state index >= 15 is 0 Å². The van der Waals surface area contributed by atoms with Gasteiger partial charge in [-0.3, -0.25) is 14.3 Å². The monoisotopic (exact) mass is 434 g/mol. The van der Waals surface area contributed by atoms with E-state index in [1.807, 2.05) is 18.2 Å². The molecule has 0 bridgehead atoms. The first-order valence-electron chi connectivity index (χ1n) is 7.61. The van der Waals surface area contributed by atoms with Gasteiger partial charge in [-0.25, -0.2) is 9.97 Å². The van der Waals surface area contributed by atoms with Crippen LogP contribution in [0.3, 0.4) is 0 Å². The number of carbonyl (C=O) groups is 2. The number of para-hydroxylation sites is 1. The first-order valence-corrected chi connectivity index (χ1v) is 9.39. The molecule has 0 aliphatic heterocycles. The highest BCUT2D eigenvalue weighted by Gasteiger charge is 2.12. The van der Waals surface area contributed by atoms with Crippen molar-refractivity contribution in [2.45, 2.75) is 5.03 Å². The Balaban J connectivity index is 1.50. The van der Waals surface area contributed by atoms with Crippen LogP contribution in [0.25, 0.3) is 11.0 Å². The second kappa shape index (κ2) is 8.28. The molecule has 26 heavy (non-hydrogen) atoms. The number of nitrogens with zero attached hydrogens (tertiary/aromatic N) is 4. The van der Waals surface area contributed by atoms with Crippen molar-refractivity contribution in [1.82, 2.24) is 25.1 Å². The third kappa shape index (κ3) is 4.38. The van der Waals surface area contributed by atoms with Crippen LogP contribution < -0.4 is 10.6 Å². The highest BCUT2D eigenvalue weighted by atomic mass is 79.9. The highest BCUT2D eigenvalue weighted by Crippen LogP contribution is 2.23. The van der Waals surface area contributed by atoms with Crippen LogP contribution in [0.4, 0.5) is 5.69 Å². The molecular weight excluding hydrogens is 420 g/mol. The van der Waals surface area contributed by atoms with Gasteiger partial charge in [-0.2, -0.15) is 5.10 Å². The molecule has 3 aromatic rings. The summed E-state index contributed by atoms with van der Waals surface area (Å²) in [4.78, 5) is 32.3. The fraction of sp³-hybridized carbons (Fsp3) is 0.188. The summed E-state index contributed by atoms with van der Waals surface area (Å²) >= 11 is 4.63. The Morgan fingerprint density at radius 2 is 2.04 bits per heavy atom. The molecule has 10 heteroatoms. The van der Waals surface area contributed by atoms with Crippen LogP contribution >= 0.6 is 27.7 Å². The van der Waals surface area contributed by atoms with E-state index in [-0.39, 0.29) is 24.1 Å². The molecule has 0 saturated heterocycles. The Morgan fingerprint density at radius 3 is 2.85 bits per heavy atom. The molecule has 0 saturated carbocycles. The van der Waals surface area contributed by atoms with Crippen molar-refractivity contribution in [1.29, 1.82) is 0 Å². The lowest BCUT2D eigenvalue weighted by Gasteiger charge is -2.08. The van der Waals surface area contributed by atoms with Crippen LogP contribution in [-0.2, 0) is 16.6 Å². The molecule has 0 aliphatic rings. The molecule has 0 radical (unpaired) electrons. The molecule has 2 N–H and O–H groups in total. The van der Waals surface area contributed by atoms with Crippen molar-refractivity contribution in [3.8, 4) is 0 Å². The number of amides is 2. The molecule has 0 atom stereocenters. The minimum Gasteiger partial charge on any atom is -0.346 e. The number of carbonyl (C=O) groups excluding carboxylic acids is 2. The number of hydrogen-bond acceptors (Lipinski definition) is 6. The molecule has 2 amide bonds. The lowest BCUT2D eigenvalue weighted by Crippen LogP contribution is -2.33. The Labute approximate surface area is 161 Å². The number of benzene rings is 1. The van der Waals surface area contributed by atoms with Crippen molar-refractivity contribution in [2.24, 2.45) is 7.05 Å². The number of halogens is 1. The van der Waals surface area contributed by atoms with Gasteiger partial charge in [0.25, 0.3) is 0 Å². The first-order chi connectivity index (χ1) is 12.5. The van der Waals surface area contributed by atoms with Crippen molar-refractivity contribution in [2.75, 3.05) is 17.6 Å². The summed E-state index contributed by atoms with van der Waals surface area (Å²) in [7, 11) is 1.79. The zero-order valence-electron chi connectivity index (χ0n) is 13.8. The van der Waals surface area contributed by atoms with E-state index in [1.54, 1.807) is 24.0 Å².